The number of nitriles is 1. The zero-order valence-electron chi connectivity index (χ0n) is 21.7. The van der Waals surface area contributed by atoms with Gasteiger partial charge in [-0.15, -0.1) is 18.3 Å². The normalized spacial score (nSPS) is 34.6. The van der Waals surface area contributed by atoms with Crippen molar-refractivity contribution in [3.63, 3.8) is 0 Å². The Morgan fingerprint density at radius 2 is 2.03 bits per heavy atom. The van der Waals surface area contributed by atoms with Crippen LogP contribution in [-0.4, -0.2) is 10.7 Å². The summed E-state index contributed by atoms with van der Waals surface area (Å²) < 4.78 is 1.06. The van der Waals surface area contributed by atoms with Gasteiger partial charge in [-0.3, -0.25) is 0 Å². The summed E-state index contributed by atoms with van der Waals surface area (Å²) in [5, 5.41) is 11.3. The molecule has 0 spiro atoms. The van der Waals surface area contributed by atoms with E-state index in [1.54, 1.807) is 11.8 Å². The lowest BCUT2D eigenvalue weighted by Crippen LogP contribution is -2.53. The SMILES string of the molecule is C=CCSc1nc2c(c(-c3cccc(Br)c3)c1C#N)CC1C3CCC4CCCCC4(C)C3CCC21C. The van der Waals surface area contributed by atoms with Gasteiger partial charge in [-0.05, 0) is 97.3 Å². The maximum Gasteiger partial charge on any atom is 0.115 e. The zero-order valence-corrected chi connectivity index (χ0v) is 24.1. The highest BCUT2D eigenvalue weighted by Gasteiger charge is 2.59. The van der Waals surface area contributed by atoms with Crippen molar-refractivity contribution < 1.29 is 0 Å². The minimum absolute atomic E-state index is 0.104. The lowest BCUT2D eigenvalue weighted by atomic mass is 9.45. The average molecular weight is 562 g/mol. The van der Waals surface area contributed by atoms with Crippen molar-refractivity contribution in [2.45, 2.75) is 82.1 Å². The van der Waals surface area contributed by atoms with Crippen molar-refractivity contribution in [2.24, 2.45) is 29.1 Å². The van der Waals surface area contributed by atoms with Crippen LogP contribution in [0.15, 0.2) is 46.4 Å². The smallest absolute Gasteiger partial charge is 0.115 e. The minimum atomic E-state index is 0.104. The third-order valence-electron chi connectivity index (χ3n) is 10.8. The van der Waals surface area contributed by atoms with Crippen LogP contribution in [0.2, 0.25) is 0 Å². The molecule has 2 nitrogen and oxygen atoms in total. The molecule has 4 heteroatoms. The van der Waals surface area contributed by atoms with E-state index < -0.39 is 0 Å². The molecule has 188 valence electrons. The Balaban J connectivity index is 1.49. The predicted molar refractivity (Wildman–Crippen MR) is 153 cm³/mol. The van der Waals surface area contributed by atoms with Gasteiger partial charge >= 0.3 is 0 Å². The maximum atomic E-state index is 10.4. The summed E-state index contributed by atoms with van der Waals surface area (Å²) in [5.41, 5.74) is 6.31. The molecule has 0 aliphatic heterocycles. The molecule has 1 heterocycles. The van der Waals surface area contributed by atoms with Crippen LogP contribution in [0.1, 0.15) is 82.0 Å². The quantitative estimate of drug-likeness (QED) is 0.276. The van der Waals surface area contributed by atoms with E-state index in [2.05, 4.69) is 66.7 Å². The van der Waals surface area contributed by atoms with E-state index >= 15 is 0 Å². The third kappa shape index (κ3) is 3.67. The molecular formula is C32H37BrN2S. The fourth-order valence-electron chi connectivity index (χ4n) is 9.09. The molecule has 0 saturated heterocycles. The van der Waals surface area contributed by atoms with E-state index in [0.717, 1.165) is 56.1 Å². The first-order valence-corrected chi connectivity index (χ1v) is 15.7. The molecule has 6 atom stereocenters. The molecule has 0 bridgehead atoms. The Morgan fingerprint density at radius 3 is 2.81 bits per heavy atom. The number of rotatable bonds is 4. The largest absolute Gasteiger partial charge is 0.244 e. The van der Waals surface area contributed by atoms with E-state index in [1.807, 2.05) is 6.08 Å². The van der Waals surface area contributed by atoms with Crippen molar-refractivity contribution in [2.75, 3.05) is 5.75 Å². The molecule has 0 N–H and O–H groups in total. The standard InChI is InChI=1S/C32H37BrN2S/c1-4-16-36-30-25(19-34)28(20-8-7-10-22(33)17-20)24-18-27-23-12-11-21-9-5-6-14-31(21,2)26(23)13-15-32(27,3)29(24)35-30/h4,7-8,10,17,21,23,26-27H,1,5-6,9,11-16,18H2,2-3H3. The van der Waals surface area contributed by atoms with E-state index in [-0.39, 0.29) is 5.41 Å². The number of thioether (sulfide) groups is 1. The van der Waals surface area contributed by atoms with Gasteiger partial charge in [-0.25, -0.2) is 4.98 Å². The van der Waals surface area contributed by atoms with Crippen molar-refractivity contribution >= 4 is 27.7 Å². The first kappa shape index (κ1) is 24.7. The number of hydrogen-bond acceptors (Lipinski definition) is 3. The molecule has 1 aromatic carbocycles. The van der Waals surface area contributed by atoms with Crippen LogP contribution in [0.4, 0.5) is 0 Å². The van der Waals surface area contributed by atoms with E-state index in [0.29, 0.717) is 11.3 Å². The summed E-state index contributed by atoms with van der Waals surface area (Å²) >= 11 is 5.35. The van der Waals surface area contributed by atoms with Crippen LogP contribution in [0, 0.1) is 40.4 Å². The molecule has 4 aliphatic carbocycles. The van der Waals surface area contributed by atoms with Crippen LogP contribution in [0.25, 0.3) is 11.1 Å². The molecule has 0 radical (unpaired) electrons. The number of halogens is 1. The molecule has 0 amide bonds. The summed E-state index contributed by atoms with van der Waals surface area (Å²) in [6, 6.07) is 11.1. The summed E-state index contributed by atoms with van der Waals surface area (Å²) in [4.78, 5) is 5.34. The Hall–Kier alpha value is -1.57. The molecular weight excluding hydrogens is 524 g/mol. The Bertz CT molecular complexity index is 1250. The molecule has 1 aromatic heterocycles. The van der Waals surface area contributed by atoms with Crippen LogP contribution < -0.4 is 0 Å². The van der Waals surface area contributed by atoms with Gasteiger partial charge in [0.1, 0.15) is 11.1 Å². The number of aromatic nitrogens is 1. The highest BCUT2D eigenvalue weighted by molar-refractivity contribution is 9.10. The van der Waals surface area contributed by atoms with Gasteiger partial charge < -0.3 is 0 Å². The first-order chi connectivity index (χ1) is 17.4. The average Bonchev–Trinajstić information content (AvgIpc) is 3.18. The van der Waals surface area contributed by atoms with Gasteiger partial charge in [0.15, 0.2) is 0 Å². The molecule has 4 aliphatic rings. The summed E-state index contributed by atoms with van der Waals surface area (Å²) in [7, 11) is 0. The van der Waals surface area contributed by atoms with Gasteiger partial charge in [0.2, 0.25) is 0 Å². The van der Waals surface area contributed by atoms with Crippen molar-refractivity contribution in [1.29, 1.82) is 5.26 Å². The summed E-state index contributed by atoms with van der Waals surface area (Å²) in [6.07, 6.45) is 14.1. The van der Waals surface area contributed by atoms with Gasteiger partial charge in [-0.1, -0.05) is 60.8 Å². The van der Waals surface area contributed by atoms with Crippen LogP contribution in [0.5, 0.6) is 0 Å². The van der Waals surface area contributed by atoms with Gasteiger partial charge in [0.25, 0.3) is 0 Å². The third-order valence-corrected chi connectivity index (χ3v) is 12.2. The fraction of sp³-hybridized carbons (Fsp3) is 0.562. The number of nitrogens with zero attached hydrogens (tertiary/aromatic N) is 2. The molecule has 6 rings (SSSR count). The highest BCUT2D eigenvalue weighted by atomic mass is 79.9. The van der Waals surface area contributed by atoms with E-state index in [1.165, 1.54) is 62.6 Å². The van der Waals surface area contributed by atoms with Crippen molar-refractivity contribution in [1.82, 2.24) is 4.98 Å². The van der Waals surface area contributed by atoms with E-state index in [9.17, 15) is 5.26 Å². The molecule has 36 heavy (non-hydrogen) atoms. The number of hydrogen-bond donors (Lipinski definition) is 0. The Morgan fingerprint density at radius 1 is 1.17 bits per heavy atom. The monoisotopic (exact) mass is 560 g/mol. The van der Waals surface area contributed by atoms with Crippen molar-refractivity contribution in [3.05, 3.63) is 58.2 Å². The second-order valence-electron chi connectivity index (χ2n) is 12.3. The molecule has 2 aromatic rings. The van der Waals surface area contributed by atoms with Gasteiger partial charge in [-0.2, -0.15) is 5.26 Å². The second-order valence-corrected chi connectivity index (χ2v) is 14.2. The fourth-order valence-corrected chi connectivity index (χ4v) is 10.2. The van der Waals surface area contributed by atoms with Gasteiger partial charge in [0, 0.05) is 21.2 Å². The van der Waals surface area contributed by atoms with Crippen LogP contribution in [-0.2, 0) is 11.8 Å². The minimum Gasteiger partial charge on any atom is -0.244 e. The van der Waals surface area contributed by atoms with E-state index in [4.69, 9.17) is 4.98 Å². The molecule has 6 unspecified atom stereocenters. The van der Waals surface area contributed by atoms with Crippen LogP contribution in [0.3, 0.4) is 0 Å². The maximum absolute atomic E-state index is 10.4. The van der Waals surface area contributed by atoms with Gasteiger partial charge in [0.05, 0.1) is 11.3 Å². The molecule has 3 fully saturated rings. The Kier molecular flexibility index (Phi) is 6.41. The van der Waals surface area contributed by atoms with Crippen LogP contribution >= 0.6 is 27.7 Å². The zero-order chi connectivity index (χ0) is 25.1. The highest BCUT2D eigenvalue weighted by Crippen LogP contribution is 2.66. The number of fused-ring (bicyclic) bond motifs is 7. The Labute approximate surface area is 229 Å². The lowest BCUT2D eigenvalue weighted by Gasteiger charge is -2.59. The predicted octanol–water partition coefficient (Wildman–Crippen LogP) is 9.11. The van der Waals surface area contributed by atoms with Crippen molar-refractivity contribution in [3.8, 4) is 17.2 Å². The lowest BCUT2D eigenvalue weighted by molar-refractivity contribution is -0.0908. The first-order valence-electron chi connectivity index (χ1n) is 13.9. The summed E-state index contributed by atoms with van der Waals surface area (Å²) in [5.74, 6) is 3.97. The summed E-state index contributed by atoms with van der Waals surface area (Å²) in [6.45, 7) is 9.09. The number of pyridine rings is 1. The second kappa shape index (κ2) is 9.32. The number of benzene rings is 1. The molecule has 3 saturated carbocycles. The topological polar surface area (TPSA) is 36.7 Å².